The van der Waals surface area contributed by atoms with Crippen molar-refractivity contribution in [3.63, 3.8) is 0 Å². The number of aryl methyl sites for hydroxylation is 1. The van der Waals surface area contributed by atoms with Crippen LogP contribution in [0.1, 0.15) is 36.8 Å². The van der Waals surface area contributed by atoms with Crippen molar-refractivity contribution in [2.24, 2.45) is 0 Å². The summed E-state index contributed by atoms with van der Waals surface area (Å²) in [7, 11) is 1.61. The molecule has 3 fully saturated rings. The number of methoxy groups -OCH3 is 1. The average molecular weight is 479 g/mol. The second-order valence-corrected chi connectivity index (χ2v) is 10.0. The van der Waals surface area contributed by atoms with Gasteiger partial charge in [-0.05, 0) is 69.0 Å². The first kappa shape index (κ1) is 22.7. The van der Waals surface area contributed by atoms with Gasteiger partial charge in [-0.1, -0.05) is 0 Å². The summed E-state index contributed by atoms with van der Waals surface area (Å²) in [6.45, 7) is 10.6. The molecule has 0 radical (unpaired) electrons. The smallest absolute Gasteiger partial charge is 0.320 e. The second kappa shape index (κ2) is 9.37. The highest BCUT2D eigenvalue weighted by atomic mass is 16.5. The van der Waals surface area contributed by atoms with E-state index in [0.29, 0.717) is 24.6 Å². The average Bonchev–Trinajstić information content (AvgIpc) is 3.25. The van der Waals surface area contributed by atoms with Gasteiger partial charge in [-0.15, -0.1) is 0 Å². The zero-order chi connectivity index (χ0) is 23.9. The minimum atomic E-state index is 0.160. The molecule has 0 N–H and O–H groups in total. The Balaban J connectivity index is 1.32. The predicted octanol–water partition coefficient (Wildman–Crippen LogP) is 2.94. The van der Waals surface area contributed by atoms with Gasteiger partial charge in [0.15, 0.2) is 5.82 Å². The van der Waals surface area contributed by atoms with E-state index >= 15 is 0 Å². The van der Waals surface area contributed by atoms with Crippen molar-refractivity contribution in [2.75, 3.05) is 58.0 Å². The lowest BCUT2D eigenvalue weighted by molar-refractivity contribution is -0.0712. The molecule has 0 saturated carbocycles. The van der Waals surface area contributed by atoms with E-state index in [1.165, 1.54) is 24.0 Å². The summed E-state index contributed by atoms with van der Waals surface area (Å²) in [6.07, 6.45) is 4.44. The maximum atomic E-state index is 5.71. The molecule has 9 nitrogen and oxygen atoms in total. The number of ether oxygens (including phenoxy) is 3. The van der Waals surface area contributed by atoms with Crippen molar-refractivity contribution in [2.45, 2.75) is 44.8 Å². The minimum absolute atomic E-state index is 0.160. The first-order valence-electron chi connectivity index (χ1n) is 12.7. The fourth-order valence-corrected chi connectivity index (χ4v) is 5.63. The van der Waals surface area contributed by atoms with Crippen LogP contribution in [-0.2, 0) is 9.47 Å². The van der Waals surface area contributed by atoms with Crippen molar-refractivity contribution in [3.05, 3.63) is 35.5 Å². The fraction of sp³-hybridized carbons (Fsp3) is 0.577. The van der Waals surface area contributed by atoms with Crippen LogP contribution >= 0.6 is 0 Å². The van der Waals surface area contributed by atoms with E-state index < -0.39 is 0 Å². The van der Waals surface area contributed by atoms with Crippen molar-refractivity contribution in [3.8, 4) is 11.8 Å². The Morgan fingerprint density at radius 3 is 2.54 bits per heavy atom. The number of hydrogen-bond donors (Lipinski definition) is 0. The summed E-state index contributed by atoms with van der Waals surface area (Å²) < 4.78 is 18.5. The molecule has 5 heterocycles. The Kier molecular flexibility index (Phi) is 6.07. The summed E-state index contributed by atoms with van der Waals surface area (Å²) in [6, 6.07) is 7.57. The molecule has 3 aromatic rings. The second-order valence-electron chi connectivity index (χ2n) is 10.0. The lowest BCUT2D eigenvalue weighted by Gasteiger charge is -2.41. The van der Waals surface area contributed by atoms with Crippen LogP contribution in [-0.4, -0.2) is 89.9 Å². The lowest BCUT2D eigenvalue weighted by Crippen LogP contribution is -2.51. The zero-order valence-electron chi connectivity index (χ0n) is 20.8. The van der Waals surface area contributed by atoms with E-state index in [-0.39, 0.29) is 6.10 Å². The standard InChI is InChI=1S/C26H34N6O3/c1-17-10-20-13-27-32(23(20)11-22(17)19-4-6-30(7-5-19)21-15-34-16-21)25-12-24(28-26(29-25)33-3)31-8-9-35-18(2)14-31/h10-13,18-19,21H,4-9,14-16H2,1-3H3/t18-/m0/s1. The number of anilines is 1. The number of rotatable bonds is 5. The third-order valence-electron chi connectivity index (χ3n) is 7.71. The maximum Gasteiger partial charge on any atom is 0.320 e. The highest BCUT2D eigenvalue weighted by Gasteiger charge is 2.31. The SMILES string of the molecule is COc1nc(N2CCO[C@@H](C)C2)cc(-n2ncc3cc(C)c(C4CCN(C5COC5)CC4)cc32)n1. The predicted molar refractivity (Wildman–Crippen MR) is 134 cm³/mol. The van der Waals surface area contributed by atoms with Gasteiger partial charge in [-0.25, -0.2) is 4.68 Å². The van der Waals surface area contributed by atoms with Gasteiger partial charge in [0.1, 0.15) is 5.82 Å². The summed E-state index contributed by atoms with van der Waals surface area (Å²) >= 11 is 0. The lowest BCUT2D eigenvalue weighted by atomic mass is 9.85. The van der Waals surface area contributed by atoms with Gasteiger partial charge in [0.2, 0.25) is 0 Å². The fourth-order valence-electron chi connectivity index (χ4n) is 5.63. The van der Waals surface area contributed by atoms with E-state index in [2.05, 4.69) is 45.7 Å². The molecule has 186 valence electrons. The zero-order valence-corrected chi connectivity index (χ0v) is 20.8. The molecule has 9 heteroatoms. The van der Waals surface area contributed by atoms with Gasteiger partial charge in [-0.2, -0.15) is 15.1 Å². The van der Waals surface area contributed by atoms with Crippen molar-refractivity contribution in [1.29, 1.82) is 0 Å². The van der Waals surface area contributed by atoms with Crippen molar-refractivity contribution < 1.29 is 14.2 Å². The number of morpholine rings is 1. The van der Waals surface area contributed by atoms with E-state index in [9.17, 15) is 0 Å². The van der Waals surface area contributed by atoms with Gasteiger partial charge < -0.3 is 19.1 Å². The van der Waals surface area contributed by atoms with Gasteiger partial charge in [0, 0.05) is 24.5 Å². The molecular formula is C26H34N6O3. The van der Waals surface area contributed by atoms with Crippen LogP contribution in [0.5, 0.6) is 6.01 Å². The molecule has 3 saturated heterocycles. The Morgan fingerprint density at radius 1 is 1.03 bits per heavy atom. The highest BCUT2D eigenvalue weighted by molar-refractivity contribution is 5.82. The number of aromatic nitrogens is 4. The molecule has 0 unspecified atom stereocenters. The minimum Gasteiger partial charge on any atom is -0.467 e. The summed E-state index contributed by atoms with van der Waals surface area (Å²) in [4.78, 5) is 14.1. The van der Waals surface area contributed by atoms with Gasteiger partial charge in [0.05, 0.1) is 50.8 Å². The Labute approximate surface area is 206 Å². The Bertz CT molecular complexity index is 1200. The molecule has 1 aromatic carbocycles. The van der Waals surface area contributed by atoms with Crippen molar-refractivity contribution in [1.82, 2.24) is 24.6 Å². The number of nitrogens with zero attached hydrogens (tertiary/aromatic N) is 6. The molecule has 3 aliphatic heterocycles. The van der Waals surface area contributed by atoms with E-state index in [1.807, 2.05) is 16.9 Å². The number of piperidine rings is 1. The molecule has 3 aliphatic rings. The Morgan fingerprint density at radius 2 is 1.83 bits per heavy atom. The number of likely N-dealkylation sites (tertiary alicyclic amines) is 1. The first-order chi connectivity index (χ1) is 17.1. The molecule has 2 aromatic heterocycles. The molecule has 0 aliphatic carbocycles. The molecule has 6 rings (SSSR count). The third-order valence-corrected chi connectivity index (χ3v) is 7.71. The van der Waals surface area contributed by atoms with E-state index in [0.717, 1.165) is 61.9 Å². The molecule has 0 spiro atoms. The van der Waals surface area contributed by atoms with Gasteiger partial charge in [0.25, 0.3) is 0 Å². The van der Waals surface area contributed by atoms with Crippen LogP contribution in [0.3, 0.4) is 0 Å². The molecule has 35 heavy (non-hydrogen) atoms. The Hall–Kier alpha value is -2.75. The normalized spacial score (nSPS) is 22.5. The van der Waals surface area contributed by atoms with Crippen LogP contribution in [0.2, 0.25) is 0 Å². The third kappa shape index (κ3) is 4.37. The summed E-state index contributed by atoms with van der Waals surface area (Å²) in [5.74, 6) is 2.12. The summed E-state index contributed by atoms with van der Waals surface area (Å²) in [5, 5.41) is 5.85. The first-order valence-corrected chi connectivity index (χ1v) is 12.7. The number of benzene rings is 1. The quantitative estimate of drug-likeness (QED) is 0.554. The highest BCUT2D eigenvalue weighted by Crippen LogP contribution is 2.34. The van der Waals surface area contributed by atoms with Crippen LogP contribution in [0.25, 0.3) is 16.7 Å². The van der Waals surface area contributed by atoms with Gasteiger partial charge >= 0.3 is 6.01 Å². The van der Waals surface area contributed by atoms with Crippen LogP contribution < -0.4 is 9.64 Å². The topological polar surface area (TPSA) is 77.8 Å². The molecule has 0 amide bonds. The molecule has 0 bridgehead atoms. The maximum absolute atomic E-state index is 5.71. The van der Waals surface area contributed by atoms with Crippen LogP contribution in [0, 0.1) is 6.92 Å². The van der Waals surface area contributed by atoms with E-state index in [4.69, 9.17) is 19.3 Å². The largest absolute Gasteiger partial charge is 0.467 e. The monoisotopic (exact) mass is 478 g/mol. The van der Waals surface area contributed by atoms with Crippen LogP contribution in [0.15, 0.2) is 24.4 Å². The van der Waals surface area contributed by atoms with Crippen LogP contribution in [0.4, 0.5) is 5.82 Å². The molecular weight excluding hydrogens is 444 g/mol. The van der Waals surface area contributed by atoms with Crippen molar-refractivity contribution >= 4 is 16.7 Å². The number of fused-ring (bicyclic) bond motifs is 1. The molecule has 1 atom stereocenters. The van der Waals surface area contributed by atoms with Gasteiger partial charge in [-0.3, -0.25) is 4.90 Å². The summed E-state index contributed by atoms with van der Waals surface area (Å²) in [5.41, 5.74) is 3.83. The number of hydrogen-bond acceptors (Lipinski definition) is 8. The van der Waals surface area contributed by atoms with E-state index in [1.54, 1.807) is 7.11 Å².